The summed E-state index contributed by atoms with van der Waals surface area (Å²) in [6.07, 6.45) is 0. The summed E-state index contributed by atoms with van der Waals surface area (Å²) in [4.78, 5) is 11.4. The third kappa shape index (κ3) is 3.14. The number of hydrogen-bond donors (Lipinski definition) is 1. The lowest BCUT2D eigenvalue weighted by atomic mass is 10.1. The minimum Gasteiger partial charge on any atom is -0.434 e. The molecule has 0 atom stereocenters. The minimum atomic E-state index is -0.276. The first-order chi connectivity index (χ1) is 9.38. The van der Waals surface area contributed by atoms with E-state index in [2.05, 4.69) is 10.2 Å². The van der Waals surface area contributed by atoms with Crippen LogP contribution in [0.25, 0.3) is 0 Å². The van der Waals surface area contributed by atoms with Crippen molar-refractivity contribution < 1.29 is 4.74 Å². The Hall–Kier alpha value is -1.52. The summed E-state index contributed by atoms with van der Waals surface area (Å²) in [5.74, 6) is 0.718. The van der Waals surface area contributed by atoms with E-state index < -0.39 is 0 Å². The van der Waals surface area contributed by atoms with Crippen molar-refractivity contribution in [1.82, 2.24) is 10.2 Å². The van der Waals surface area contributed by atoms with Gasteiger partial charge in [-0.1, -0.05) is 37.0 Å². The summed E-state index contributed by atoms with van der Waals surface area (Å²) in [6, 6.07) is 4.97. The highest BCUT2D eigenvalue weighted by Gasteiger charge is 2.15. The molecule has 1 N–H and O–H groups in total. The van der Waals surface area contributed by atoms with Crippen molar-refractivity contribution in [3.63, 3.8) is 0 Å². The molecule has 0 amide bonds. The quantitative estimate of drug-likeness (QED) is 0.919. The summed E-state index contributed by atoms with van der Waals surface area (Å²) < 4.78 is 5.70. The van der Waals surface area contributed by atoms with Gasteiger partial charge in [0.2, 0.25) is 5.88 Å². The maximum Gasteiger partial charge on any atom is 0.264 e. The molecule has 0 saturated heterocycles. The molecule has 0 radical (unpaired) electrons. The van der Waals surface area contributed by atoms with Gasteiger partial charge in [-0.05, 0) is 30.5 Å². The van der Waals surface area contributed by atoms with Crippen molar-refractivity contribution in [2.24, 2.45) is 0 Å². The largest absolute Gasteiger partial charge is 0.434 e. The average molecular weight is 313 g/mol. The fraction of sp³-hybridized carbons (Fsp3) is 0.286. The van der Waals surface area contributed by atoms with Crippen molar-refractivity contribution >= 4 is 23.2 Å². The topological polar surface area (TPSA) is 55.0 Å². The lowest BCUT2D eigenvalue weighted by Crippen LogP contribution is -2.11. The number of hydrogen-bond acceptors (Lipinski definition) is 3. The van der Waals surface area contributed by atoms with Crippen LogP contribution in [0.4, 0.5) is 0 Å². The molecular weight excluding hydrogens is 299 g/mol. The molecule has 6 heteroatoms. The lowest BCUT2D eigenvalue weighted by Gasteiger charge is -2.13. The van der Waals surface area contributed by atoms with Crippen molar-refractivity contribution in [3.05, 3.63) is 49.7 Å². The first kappa shape index (κ1) is 14.9. The summed E-state index contributed by atoms with van der Waals surface area (Å²) in [5.41, 5.74) is 1.36. The molecule has 0 aliphatic carbocycles. The number of halogens is 2. The van der Waals surface area contributed by atoms with E-state index in [1.54, 1.807) is 12.1 Å². The Kier molecular flexibility index (Phi) is 4.35. The van der Waals surface area contributed by atoms with E-state index in [0.717, 1.165) is 5.56 Å². The summed E-state index contributed by atoms with van der Waals surface area (Å²) in [7, 11) is 0. The summed E-state index contributed by atoms with van der Waals surface area (Å²) in [6.45, 7) is 5.78. The van der Waals surface area contributed by atoms with Crippen LogP contribution in [0.15, 0.2) is 23.0 Å². The Morgan fingerprint density at radius 1 is 1.20 bits per heavy atom. The van der Waals surface area contributed by atoms with Gasteiger partial charge in [-0.25, -0.2) is 5.10 Å². The molecule has 0 saturated carbocycles. The van der Waals surface area contributed by atoms with Gasteiger partial charge < -0.3 is 4.74 Å². The standard InChI is InChI=1S/C14H14Cl2N2O2/c1-7(2)9-6-12(19)17-18-14(9)20-13-10(15)4-8(3)5-11(13)16/h4-7H,1-3H3,(H,17,19). The first-order valence-corrected chi connectivity index (χ1v) is 6.87. The molecule has 2 aromatic rings. The van der Waals surface area contributed by atoms with Crippen LogP contribution in [-0.4, -0.2) is 10.2 Å². The zero-order valence-corrected chi connectivity index (χ0v) is 12.8. The van der Waals surface area contributed by atoms with Crippen molar-refractivity contribution in [1.29, 1.82) is 0 Å². The van der Waals surface area contributed by atoms with Crippen LogP contribution in [-0.2, 0) is 0 Å². The molecular formula is C14H14Cl2N2O2. The van der Waals surface area contributed by atoms with Gasteiger partial charge in [0.1, 0.15) is 0 Å². The van der Waals surface area contributed by atoms with Gasteiger partial charge in [-0.3, -0.25) is 4.79 Å². The molecule has 1 aromatic heterocycles. The SMILES string of the molecule is Cc1cc(Cl)c(Oc2n[nH]c(=O)cc2C(C)C)c(Cl)c1. The van der Waals surface area contributed by atoms with Gasteiger partial charge in [0.15, 0.2) is 5.75 Å². The normalized spacial score (nSPS) is 10.9. The molecule has 0 unspecified atom stereocenters. The van der Waals surface area contributed by atoms with Crippen LogP contribution in [0.1, 0.15) is 30.9 Å². The summed E-state index contributed by atoms with van der Waals surface area (Å²) >= 11 is 12.3. The molecule has 106 valence electrons. The number of aryl methyl sites for hydroxylation is 1. The minimum absolute atomic E-state index is 0.0859. The fourth-order valence-electron chi connectivity index (χ4n) is 1.78. The van der Waals surface area contributed by atoms with Gasteiger partial charge in [-0.2, -0.15) is 0 Å². The monoisotopic (exact) mass is 312 g/mol. The number of aromatic amines is 1. The van der Waals surface area contributed by atoms with Crippen molar-refractivity contribution in [2.75, 3.05) is 0 Å². The molecule has 20 heavy (non-hydrogen) atoms. The van der Waals surface area contributed by atoms with Gasteiger partial charge in [-0.15, -0.1) is 5.10 Å². The van der Waals surface area contributed by atoms with Gasteiger partial charge in [0.25, 0.3) is 5.56 Å². The molecule has 2 rings (SSSR count). The maximum absolute atomic E-state index is 11.4. The molecule has 1 heterocycles. The number of nitrogens with zero attached hydrogens (tertiary/aromatic N) is 1. The van der Waals surface area contributed by atoms with Crippen molar-refractivity contribution in [2.45, 2.75) is 26.7 Å². The highest BCUT2D eigenvalue weighted by atomic mass is 35.5. The molecule has 4 nitrogen and oxygen atoms in total. The van der Waals surface area contributed by atoms with Gasteiger partial charge >= 0.3 is 0 Å². The third-order valence-electron chi connectivity index (χ3n) is 2.76. The molecule has 1 aromatic carbocycles. The van der Waals surface area contributed by atoms with E-state index in [4.69, 9.17) is 27.9 Å². The fourth-order valence-corrected chi connectivity index (χ4v) is 2.46. The van der Waals surface area contributed by atoms with E-state index in [1.165, 1.54) is 6.07 Å². The second kappa shape index (κ2) is 5.85. The molecule has 0 spiro atoms. The number of nitrogens with one attached hydrogen (secondary N) is 1. The van der Waals surface area contributed by atoms with Gasteiger partial charge in [0, 0.05) is 11.6 Å². The lowest BCUT2D eigenvalue weighted by molar-refractivity contribution is 0.444. The zero-order chi connectivity index (χ0) is 14.9. The van der Waals surface area contributed by atoms with E-state index in [1.807, 2.05) is 20.8 Å². The second-order valence-corrected chi connectivity index (χ2v) is 5.62. The average Bonchev–Trinajstić information content (AvgIpc) is 2.34. The Bertz CT molecular complexity index is 673. The zero-order valence-electron chi connectivity index (χ0n) is 11.3. The van der Waals surface area contributed by atoms with Crippen LogP contribution < -0.4 is 10.3 Å². The Labute approximate surface area is 126 Å². The predicted octanol–water partition coefficient (Wildman–Crippen LogP) is 4.30. The number of benzene rings is 1. The molecule has 0 bridgehead atoms. The second-order valence-electron chi connectivity index (χ2n) is 4.81. The van der Waals surface area contributed by atoms with Crippen LogP contribution in [0.2, 0.25) is 10.0 Å². The highest BCUT2D eigenvalue weighted by molar-refractivity contribution is 6.37. The van der Waals surface area contributed by atoms with Gasteiger partial charge in [0.05, 0.1) is 10.0 Å². The van der Waals surface area contributed by atoms with Crippen molar-refractivity contribution in [3.8, 4) is 11.6 Å². The smallest absolute Gasteiger partial charge is 0.264 e. The van der Waals surface area contributed by atoms with Crippen LogP contribution >= 0.6 is 23.2 Å². The highest BCUT2D eigenvalue weighted by Crippen LogP contribution is 2.38. The Morgan fingerprint density at radius 2 is 1.80 bits per heavy atom. The number of aromatic nitrogens is 2. The van der Waals surface area contributed by atoms with Crippen LogP contribution in [0.5, 0.6) is 11.6 Å². The van der Waals surface area contributed by atoms with E-state index in [-0.39, 0.29) is 11.5 Å². The third-order valence-corrected chi connectivity index (χ3v) is 3.33. The number of rotatable bonds is 3. The number of ether oxygens (including phenoxy) is 1. The van der Waals surface area contributed by atoms with E-state index in [9.17, 15) is 4.79 Å². The molecule has 0 aliphatic rings. The summed E-state index contributed by atoms with van der Waals surface area (Å²) in [5, 5.41) is 7.07. The van der Waals surface area contributed by atoms with E-state index in [0.29, 0.717) is 27.2 Å². The maximum atomic E-state index is 11.4. The molecule has 0 aliphatic heterocycles. The molecule has 0 fully saturated rings. The van der Waals surface area contributed by atoms with Crippen LogP contribution in [0, 0.1) is 6.92 Å². The van der Waals surface area contributed by atoms with Crippen LogP contribution in [0.3, 0.4) is 0 Å². The number of H-pyrrole nitrogens is 1. The Balaban J connectivity index is 2.48. The predicted molar refractivity (Wildman–Crippen MR) is 80.2 cm³/mol. The van der Waals surface area contributed by atoms with E-state index >= 15 is 0 Å². The first-order valence-electron chi connectivity index (χ1n) is 6.11. The Morgan fingerprint density at radius 3 is 2.35 bits per heavy atom.